The molecule has 1 amide bonds. The average molecular weight is 278 g/mol. The molecule has 2 nitrogen and oxygen atoms in total. The van der Waals surface area contributed by atoms with Crippen molar-refractivity contribution >= 4 is 17.5 Å². The van der Waals surface area contributed by atoms with Crippen LogP contribution in [0.3, 0.4) is 0 Å². The summed E-state index contributed by atoms with van der Waals surface area (Å²) in [6.45, 7) is 1.87. The highest BCUT2D eigenvalue weighted by Gasteiger charge is 2.11. The summed E-state index contributed by atoms with van der Waals surface area (Å²) in [6, 6.07) is 12.6. The van der Waals surface area contributed by atoms with Crippen molar-refractivity contribution in [1.29, 1.82) is 0 Å². The molecule has 19 heavy (non-hydrogen) atoms. The lowest BCUT2D eigenvalue weighted by atomic mass is 10.1. The summed E-state index contributed by atoms with van der Waals surface area (Å²) in [4.78, 5) is 12.0. The highest BCUT2D eigenvalue weighted by Crippen LogP contribution is 2.17. The van der Waals surface area contributed by atoms with Crippen LogP contribution in [0.2, 0.25) is 5.02 Å². The Balaban J connectivity index is 2.08. The number of nitrogens with one attached hydrogen (secondary N) is 1. The van der Waals surface area contributed by atoms with Gasteiger partial charge in [-0.2, -0.15) is 0 Å². The Morgan fingerprint density at radius 3 is 2.53 bits per heavy atom. The molecule has 0 aliphatic heterocycles. The van der Waals surface area contributed by atoms with Crippen molar-refractivity contribution in [2.24, 2.45) is 0 Å². The lowest BCUT2D eigenvalue weighted by molar-refractivity contribution is 0.0940. The summed E-state index contributed by atoms with van der Waals surface area (Å²) in [5, 5.41) is 3.46. The van der Waals surface area contributed by atoms with Crippen LogP contribution in [0, 0.1) is 5.82 Å². The number of amides is 1. The number of rotatable bonds is 3. The highest BCUT2D eigenvalue weighted by molar-refractivity contribution is 6.30. The molecular weight excluding hydrogens is 265 g/mol. The van der Waals surface area contributed by atoms with Crippen LogP contribution in [0.15, 0.2) is 48.5 Å². The van der Waals surface area contributed by atoms with E-state index >= 15 is 0 Å². The van der Waals surface area contributed by atoms with Crippen molar-refractivity contribution in [3.05, 3.63) is 70.5 Å². The van der Waals surface area contributed by atoms with Gasteiger partial charge in [0, 0.05) is 10.6 Å². The van der Waals surface area contributed by atoms with E-state index in [4.69, 9.17) is 11.6 Å². The Labute approximate surface area is 116 Å². The summed E-state index contributed by atoms with van der Waals surface area (Å²) in [6.07, 6.45) is 0. The first-order valence-corrected chi connectivity index (χ1v) is 6.26. The zero-order chi connectivity index (χ0) is 13.8. The SMILES string of the molecule is C[C@H](NC(=O)c1ccc(F)cc1)c1cccc(Cl)c1. The van der Waals surface area contributed by atoms with Gasteiger partial charge in [-0.05, 0) is 48.9 Å². The predicted molar refractivity (Wildman–Crippen MR) is 73.7 cm³/mol. The van der Waals surface area contributed by atoms with Crippen LogP contribution in [-0.2, 0) is 0 Å². The fourth-order valence-corrected chi connectivity index (χ4v) is 1.94. The fourth-order valence-electron chi connectivity index (χ4n) is 1.74. The van der Waals surface area contributed by atoms with E-state index in [9.17, 15) is 9.18 Å². The second-order valence-corrected chi connectivity index (χ2v) is 4.69. The van der Waals surface area contributed by atoms with Crippen LogP contribution in [0.4, 0.5) is 4.39 Å². The molecule has 0 fully saturated rings. The van der Waals surface area contributed by atoms with Crippen LogP contribution in [0.1, 0.15) is 28.9 Å². The third-order valence-corrected chi connectivity index (χ3v) is 3.04. The molecule has 4 heteroatoms. The Kier molecular flexibility index (Phi) is 4.17. The summed E-state index contributed by atoms with van der Waals surface area (Å²) in [5.74, 6) is -0.605. The van der Waals surface area contributed by atoms with Gasteiger partial charge in [0.2, 0.25) is 0 Å². The molecule has 2 rings (SSSR count). The number of hydrogen-bond donors (Lipinski definition) is 1. The molecule has 0 radical (unpaired) electrons. The van der Waals surface area contributed by atoms with E-state index in [2.05, 4.69) is 5.32 Å². The quantitative estimate of drug-likeness (QED) is 0.904. The molecule has 0 aromatic heterocycles. The monoisotopic (exact) mass is 277 g/mol. The van der Waals surface area contributed by atoms with Gasteiger partial charge in [-0.1, -0.05) is 23.7 Å². The molecular formula is C15H13ClFNO. The lowest BCUT2D eigenvalue weighted by Gasteiger charge is -2.14. The summed E-state index contributed by atoms with van der Waals surface area (Å²) >= 11 is 5.91. The predicted octanol–water partition coefficient (Wildman–Crippen LogP) is 3.97. The zero-order valence-corrected chi connectivity index (χ0v) is 11.1. The van der Waals surface area contributed by atoms with Crippen LogP contribution < -0.4 is 5.32 Å². The topological polar surface area (TPSA) is 29.1 Å². The third kappa shape index (κ3) is 3.55. The Morgan fingerprint density at radius 2 is 1.89 bits per heavy atom. The average Bonchev–Trinajstić information content (AvgIpc) is 2.39. The van der Waals surface area contributed by atoms with Gasteiger partial charge in [0.05, 0.1) is 6.04 Å². The van der Waals surface area contributed by atoms with Crippen molar-refractivity contribution in [1.82, 2.24) is 5.32 Å². The van der Waals surface area contributed by atoms with E-state index in [0.717, 1.165) is 5.56 Å². The zero-order valence-electron chi connectivity index (χ0n) is 10.4. The maximum Gasteiger partial charge on any atom is 0.251 e. The molecule has 0 heterocycles. The number of halogens is 2. The molecule has 2 aromatic rings. The summed E-state index contributed by atoms with van der Waals surface area (Å²) < 4.78 is 12.8. The lowest BCUT2D eigenvalue weighted by Crippen LogP contribution is -2.26. The normalized spacial score (nSPS) is 11.9. The molecule has 0 spiro atoms. The van der Waals surface area contributed by atoms with E-state index in [1.54, 1.807) is 12.1 Å². The van der Waals surface area contributed by atoms with E-state index in [-0.39, 0.29) is 17.8 Å². The molecule has 0 saturated carbocycles. The van der Waals surface area contributed by atoms with Crippen LogP contribution >= 0.6 is 11.6 Å². The first-order valence-electron chi connectivity index (χ1n) is 5.88. The second kappa shape index (κ2) is 5.85. The van der Waals surface area contributed by atoms with Crippen molar-refractivity contribution in [2.75, 3.05) is 0 Å². The van der Waals surface area contributed by atoms with Gasteiger partial charge in [0.15, 0.2) is 0 Å². The van der Waals surface area contributed by atoms with Gasteiger partial charge in [0.1, 0.15) is 5.82 Å². The fraction of sp³-hybridized carbons (Fsp3) is 0.133. The minimum absolute atomic E-state index is 0.170. The van der Waals surface area contributed by atoms with Crippen LogP contribution in [0.5, 0.6) is 0 Å². The third-order valence-electron chi connectivity index (χ3n) is 2.80. The van der Waals surface area contributed by atoms with Gasteiger partial charge < -0.3 is 5.32 Å². The molecule has 1 atom stereocenters. The number of carbonyl (C=O) groups excluding carboxylic acids is 1. The van der Waals surface area contributed by atoms with Crippen molar-refractivity contribution < 1.29 is 9.18 Å². The van der Waals surface area contributed by atoms with Crippen molar-refractivity contribution in [3.8, 4) is 0 Å². The van der Waals surface area contributed by atoms with Gasteiger partial charge >= 0.3 is 0 Å². The first kappa shape index (κ1) is 13.6. The summed E-state index contributed by atoms with van der Waals surface area (Å²) in [7, 11) is 0. The smallest absolute Gasteiger partial charge is 0.251 e. The van der Waals surface area contributed by atoms with Gasteiger partial charge in [0.25, 0.3) is 5.91 Å². The molecule has 1 N–H and O–H groups in total. The Hall–Kier alpha value is -1.87. The number of carbonyl (C=O) groups is 1. The summed E-state index contributed by atoms with van der Waals surface area (Å²) in [5.41, 5.74) is 1.35. The second-order valence-electron chi connectivity index (χ2n) is 4.26. The minimum Gasteiger partial charge on any atom is -0.346 e. The molecule has 0 saturated heterocycles. The van der Waals surface area contributed by atoms with Crippen LogP contribution in [0.25, 0.3) is 0 Å². The van der Waals surface area contributed by atoms with E-state index < -0.39 is 0 Å². The standard InChI is InChI=1S/C15H13ClFNO/c1-10(12-3-2-4-13(16)9-12)18-15(19)11-5-7-14(17)8-6-11/h2-10H,1H3,(H,18,19)/t10-/m0/s1. The van der Waals surface area contributed by atoms with Gasteiger partial charge in [-0.3, -0.25) is 4.79 Å². The Morgan fingerprint density at radius 1 is 1.21 bits per heavy atom. The van der Waals surface area contributed by atoms with E-state index in [0.29, 0.717) is 10.6 Å². The number of benzene rings is 2. The maximum atomic E-state index is 12.8. The number of hydrogen-bond acceptors (Lipinski definition) is 1. The highest BCUT2D eigenvalue weighted by atomic mass is 35.5. The molecule has 0 aliphatic carbocycles. The van der Waals surface area contributed by atoms with Gasteiger partial charge in [-0.25, -0.2) is 4.39 Å². The van der Waals surface area contributed by atoms with Crippen molar-refractivity contribution in [3.63, 3.8) is 0 Å². The Bertz CT molecular complexity index is 583. The molecule has 98 valence electrons. The van der Waals surface area contributed by atoms with Crippen molar-refractivity contribution in [2.45, 2.75) is 13.0 Å². The maximum absolute atomic E-state index is 12.8. The molecule has 0 unspecified atom stereocenters. The largest absolute Gasteiger partial charge is 0.346 e. The van der Waals surface area contributed by atoms with Gasteiger partial charge in [-0.15, -0.1) is 0 Å². The first-order chi connectivity index (χ1) is 9.06. The molecule has 0 aliphatic rings. The minimum atomic E-state index is -0.362. The molecule has 0 bridgehead atoms. The van der Waals surface area contributed by atoms with E-state index in [1.165, 1.54) is 24.3 Å². The molecule has 2 aromatic carbocycles. The van der Waals surface area contributed by atoms with Crippen LogP contribution in [-0.4, -0.2) is 5.91 Å². The van der Waals surface area contributed by atoms with E-state index in [1.807, 2.05) is 19.1 Å².